The summed E-state index contributed by atoms with van der Waals surface area (Å²) in [4.78, 5) is 14.5. The van der Waals surface area contributed by atoms with Gasteiger partial charge in [0.25, 0.3) is 5.91 Å². The van der Waals surface area contributed by atoms with Crippen molar-refractivity contribution in [1.29, 1.82) is 0 Å². The molecule has 3 rings (SSSR count). The predicted octanol–water partition coefficient (Wildman–Crippen LogP) is 3.43. The third kappa shape index (κ3) is 5.13. The quantitative estimate of drug-likeness (QED) is 0.819. The van der Waals surface area contributed by atoms with Crippen LogP contribution >= 0.6 is 24.8 Å². The first-order valence-corrected chi connectivity index (χ1v) is 8.16. The van der Waals surface area contributed by atoms with E-state index in [0.717, 1.165) is 30.6 Å². The fourth-order valence-electron chi connectivity index (χ4n) is 3.16. The minimum absolute atomic E-state index is 0. The van der Waals surface area contributed by atoms with Gasteiger partial charge in [-0.3, -0.25) is 4.79 Å². The summed E-state index contributed by atoms with van der Waals surface area (Å²) in [5.41, 5.74) is 7.91. The summed E-state index contributed by atoms with van der Waals surface area (Å²) in [6.07, 6.45) is 3.33. The number of piperidine rings is 1. The summed E-state index contributed by atoms with van der Waals surface area (Å²) < 4.78 is 18.5. The van der Waals surface area contributed by atoms with Crippen LogP contribution in [0.4, 0.5) is 10.1 Å². The van der Waals surface area contributed by atoms with Gasteiger partial charge >= 0.3 is 0 Å². The number of aryl methyl sites for hydroxylation is 1. The van der Waals surface area contributed by atoms with Crippen molar-refractivity contribution in [3.05, 3.63) is 53.2 Å². The van der Waals surface area contributed by atoms with E-state index in [1.165, 1.54) is 18.4 Å². The molecule has 1 unspecified atom stereocenters. The van der Waals surface area contributed by atoms with Crippen LogP contribution in [0.15, 0.2) is 34.9 Å². The van der Waals surface area contributed by atoms with Gasteiger partial charge in [-0.1, -0.05) is 0 Å². The van der Waals surface area contributed by atoms with Crippen LogP contribution in [0.5, 0.6) is 0 Å². The number of rotatable bonds is 4. The van der Waals surface area contributed by atoms with Crippen molar-refractivity contribution in [1.82, 2.24) is 5.32 Å². The second-order valence-electron chi connectivity index (χ2n) is 6.20. The third-order valence-corrected chi connectivity index (χ3v) is 4.37. The molecule has 8 heteroatoms. The van der Waals surface area contributed by atoms with Gasteiger partial charge in [-0.15, -0.1) is 24.8 Å². The van der Waals surface area contributed by atoms with E-state index in [-0.39, 0.29) is 49.1 Å². The Bertz CT molecular complexity index is 739. The number of hydrogen-bond acceptors (Lipinski definition) is 4. The van der Waals surface area contributed by atoms with Crippen molar-refractivity contribution in [2.75, 3.05) is 18.0 Å². The van der Waals surface area contributed by atoms with Gasteiger partial charge in [-0.25, -0.2) is 4.39 Å². The summed E-state index contributed by atoms with van der Waals surface area (Å²) in [5, 5.41) is 3.05. The lowest BCUT2D eigenvalue weighted by Crippen LogP contribution is -2.48. The van der Waals surface area contributed by atoms with Gasteiger partial charge in [0.05, 0.1) is 12.1 Å². The van der Waals surface area contributed by atoms with Crippen molar-refractivity contribution < 1.29 is 13.6 Å². The Morgan fingerprint density at radius 3 is 2.81 bits per heavy atom. The van der Waals surface area contributed by atoms with E-state index in [0.29, 0.717) is 17.9 Å². The molecule has 1 saturated heterocycles. The summed E-state index contributed by atoms with van der Waals surface area (Å²) in [5.74, 6) is 0.210. The van der Waals surface area contributed by atoms with Crippen molar-refractivity contribution in [2.24, 2.45) is 5.73 Å². The van der Waals surface area contributed by atoms with Crippen molar-refractivity contribution >= 4 is 36.4 Å². The number of carbonyl (C=O) groups is 1. The summed E-state index contributed by atoms with van der Waals surface area (Å²) in [7, 11) is 0. The van der Waals surface area contributed by atoms with E-state index in [1.807, 2.05) is 6.92 Å². The molecule has 1 fully saturated rings. The normalized spacial score (nSPS) is 16.4. The van der Waals surface area contributed by atoms with E-state index in [9.17, 15) is 9.18 Å². The Balaban J connectivity index is 0.00000169. The van der Waals surface area contributed by atoms with Crippen molar-refractivity contribution in [3.8, 4) is 0 Å². The molecule has 0 spiro atoms. The van der Waals surface area contributed by atoms with E-state index in [4.69, 9.17) is 10.2 Å². The van der Waals surface area contributed by atoms with Crippen LogP contribution in [0, 0.1) is 12.7 Å². The Morgan fingerprint density at radius 1 is 1.38 bits per heavy atom. The first-order valence-electron chi connectivity index (χ1n) is 8.16. The van der Waals surface area contributed by atoms with E-state index < -0.39 is 0 Å². The minimum atomic E-state index is -0.228. The number of anilines is 1. The number of furan rings is 1. The highest BCUT2D eigenvalue weighted by Gasteiger charge is 2.23. The predicted molar refractivity (Wildman–Crippen MR) is 105 cm³/mol. The Labute approximate surface area is 164 Å². The minimum Gasteiger partial charge on any atom is -0.467 e. The largest absolute Gasteiger partial charge is 0.467 e. The van der Waals surface area contributed by atoms with Crippen molar-refractivity contribution in [3.63, 3.8) is 0 Å². The zero-order valence-electron chi connectivity index (χ0n) is 14.5. The second kappa shape index (κ2) is 9.80. The average Bonchev–Trinajstić information content (AvgIpc) is 3.04. The standard InChI is InChI=1S/C18H22FN3O2.2ClH/c1-12-7-14(19)4-5-17(12)22-6-2-3-15(10-22)21-18(23)13-8-16(9-20)24-11-13;;/h4-5,7-8,11,15H,2-3,6,9-10,20H2,1H3,(H,21,23);2*1H. The monoisotopic (exact) mass is 403 g/mol. The highest BCUT2D eigenvalue weighted by molar-refractivity contribution is 5.94. The molecule has 0 bridgehead atoms. The van der Waals surface area contributed by atoms with Crippen LogP contribution in [0.25, 0.3) is 0 Å². The zero-order valence-corrected chi connectivity index (χ0v) is 16.2. The molecule has 1 amide bonds. The number of nitrogens with one attached hydrogen (secondary N) is 1. The molecule has 1 aliphatic rings. The molecule has 144 valence electrons. The lowest BCUT2D eigenvalue weighted by Gasteiger charge is -2.35. The molecule has 3 N–H and O–H groups in total. The zero-order chi connectivity index (χ0) is 17.1. The molecule has 26 heavy (non-hydrogen) atoms. The molecule has 1 aromatic carbocycles. The van der Waals surface area contributed by atoms with Gasteiger partial charge in [0.2, 0.25) is 0 Å². The Hall–Kier alpha value is -1.76. The Kier molecular flexibility index (Phi) is 8.40. The summed E-state index contributed by atoms with van der Waals surface area (Å²) in [6, 6.07) is 6.53. The van der Waals surface area contributed by atoms with Crippen LogP contribution < -0.4 is 16.0 Å². The maximum atomic E-state index is 13.3. The first kappa shape index (κ1) is 22.3. The van der Waals surface area contributed by atoms with Crippen LogP contribution in [0.2, 0.25) is 0 Å². The first-order chi connectivity index (χ1) is 11.6. The number of nitrogens with zero attached hydrogens (tertiary/aromatic N) is 1. The Morgan fingerprint density at radius 2 is 2.15 bits per heavy atom. The topological polar surface area (TPSA) is 71.5 Å². The van der Waals surface area contributed by atoms with Gasteiger partial charge in [0, 0.05) is 24.8 Å². The second-order valence-corrected chi connectivity index (χ2v) is 6.20. The van der Waals surface area contributed by atoms with Gasteiger partial charge in [-0.05, 0) is 49.6 Å². The van der Waals surface area contributed by atoms with Gasteiger partial charge in [0.1, 0.15) is 17.8 Å². The van der Waals surface area contributed by atoms with Crippen LogP contribution in [-0.4, -0.2) is 25.0 Å². The molecular formula is C18H24Cl2FN3O2. The fraction of sp³-hybridized carbons (Fsp3) is 0.389. The molecule has 1 aliphatic heterocycles. The molecule has 1 atom stereocenters. The maximum Gasteiger partial charge on any atom is 0.254 e. The van der Waals surface area contributed by atoms with E-state index in [2.05, 4.69) is 10.2 Å². The number of hydrogen-bond donors (Lipinski definition) is 2. The molecule has 0 radical (unpaired) electrons. The fourth-order valence-corrected chi connectivity index (χ4v) is 3.16. The smallest absolute Gasteiger partial charge is 0.254 e. The van der Waals surface area contributed by atoms with Gasteiger partial charge < -0.3 is 20.4 Å². The number of nitrogens with two attached hydrogens (primary N) is 1. The molecule has 1 aromatic heterocycles. The number of halogens is 3. The number of amides is 1. The number of carbonyl (C=O) groups excluding carboxylic acids is 1. The van der Waals surface area contributed by atoms with E-state index >= 15 is 0 Å². The molecule has 2 heterocycles. The molecule has 0 aliphatic carbocycles. The van der Waals surface area contributed by atoms with Crippen molar-refractivity contribution in [2.45, 2.75) is 32.4 Å². The summed E-state index contributed by atoms with van der Waals surface area (Å²) in [6.45, 7) is 3.79. The molecule has 5 nitrogen and oxygen atoms in total. The lowest BCUT2D eigenvalue weighted by atomic mass is 10.0. The van der Waals surface area contributed by atoms with Crippen LogP contribution in [0.3, 0.4) is 0 Å². The summed E-state index contributed by atoms with van der Waals surface area (Å²) >= 11 is 0. The molecule has 2 aromatic rings. The van der Waals surface area contributed by atoms with Gasteiger partial charge in [-0.2, -0.15) is 0 Å². The highest BCUT2D eigenvalue weighted by atomic mass is 35.5. The SMILES string of the molecule is Cc1cc(F)ccc1N1CCCC(NC(=O)c2coc(CN)c2)C1.Cl.Cl. The van der Waals surface area contributed by atoms with Crippen LogP contribution in [-0.2, 0) is 6.54 Å². The molecule has 0 saturated carbocycles. The third-order valence-electron chi connectivity index (χ3n) is 4.37. The average molecular weight is 404 g/mol. The number of benzene rings is 1. The highest BCUT2D eigenvalue weighted by Crippen LogP contribution is 2.24. The van der Waals surface area contributed by atoms with Gasteiger partial charge in [0.15, 0.2) is 0 Å². The lowest BCUT2D eigenvalue weighted by molar-refractivity contribution is 0.0932. The maximum absolute atomic E-state index is 13.3. The van der Waals surface area contributed by atoms with E-state index in [1.54, 1.807) is 12.1 Å². The van der Waals surface area contributed by atoms with Crippen LogP contribution in [0.1, 0.15) is 34.5 Å². The molecular weight excluding hydrogens is 380 g/mol.